The van der Waals surface area contributed by atoms with Crippen molar-refractivity contribution in [3.8, 4) is 16.2 Å². The zero-order valence-electron chi connectivity index (χ0n) is 23.2. The molecular weight excluding hydrogens is 501 g/mol. The van der Waals surface area contributed by atoms with Crippen LogP contribution in [-0.4, -0.2) is 31.4 Å². The van der Waals surface area contributed by atoms with Gasteiger partial charge in [0, 0.05) is 28.9 Å². The molecule has 4 N–H and O–H groups in total. The van der Waals surface area contributed by atoms with Crippen LogP contribution in [-0.2, 0) is 0 Å². The van der Waals surface area contributed by atoms with Crippen LogP contribution in [0.15, 0.2) is 64.6 Å². The van der Waals surface area contributed by atoms with Gasteiger partial charge in [0.25, 0.3) is 0 Å². The van der Waals surface area contributed by atoms with Crippen LogP contribution >= 0.6 is 11.3 Å². The molecule has 0 unspecified atom stereocenters. The van der Waals surface area contributed by atoms with Gasteiger partial charge >= 0.3 is 5.97 Å². The van der Waals surface area contributed by atoms with E-state index in [1.807, 2.05) is 44.4 Å². The van der Waals surface area contributed by atoms with Crippen LogP contribution in [0.2, 0.25) is 0 Å². The lowest BCUT2D eigenvalue weighted by atomic mass is 10.0. The van der Waals surface area contributed by atoms with Crippen LogP contribution in [0.4, 0.5) is 10.1 Å². The number of thiophene rings is 1. The molecule has 1 heterocycles. The topological polar surface area (TPSA) is 96.9 Å². The van der Waals surface area contributed by atoms with E-state index < -0.39 is 11.8 Å². The smallest absolute Gasteiger partial charge is 0.337 e. The summed E-state index contributed by atoms with van der Waals surface area (Å²) in [5, 5.41) is 13.9. The minimum Gasteiger partial charge on any atom is -0.491 e. The number of nitrogens with two attached hydrogens (primary N) is 1. The molecule has 3 rings (SSSR count). The van der Waals surface area contributed by atoms with E-state index in [2.05, 4.69) is 30.9 Å². The summed E-state index contributed by atoms with van der Waals surface area (Å²) < 4.78 is 19.3. The Morgan fingerprint density at radius 3 is 2.42 bits per heavy atom. The van der Waals surface area contributed by atoms with Gasteiger partial charge in [-0.1, -0.05) is 46.8 Å². The maximum absolute atomic E-state index is 13.9. The largest absolute Gasteiger partial charge is 0.491 e. The van der Waals surface area contributed by atoms with Gasteiger partial charge in [0.1, 0.15) is 0 Å². The summed E-state index contributed by atoms with van der Waals surface area (Å²) in [6, 6.07) is 14.1. The average Bonchev–Trinajstić information content (AvgIpc) is 3.44. The number of hydrogen-bond acceptors (Lipinski definition) is 6. The van der Waals surface area contributed by atoms with Crippen molar-refractivity contribution >= 4 is 35.4 Å². The van der Waals surface area contributed by atoms with E-state index in [9.17, 15) is 9.18 Å². The van der Waals surface area contributed by atoms with E-state index in [-0.39, 0.29) is 5.75 Å². The minimum atomic E-state index is -0.914. The van der Waals surface area contributed by atoms with Crippen molar-refractivity contribution in [1.29, 1.82) is 0 Å². The highest BCUT2D eigenvalue weighted by molar-refractivity contribution is 7.13. The number of nitrogens with one attached hydrogen (secondary N) is 1. The van der Waals surface area contributed by atoms with Crippen molar-refractivity contribution < 1.29 is 19.0 Å². The molecule has 0 fully saturated rings. The zero-order chi connectivity index (χ0) is 28.7. The van der Waals surface area contributed by atoms with E-state index in [0.717, 1.165) is 16.9 Å². The summed E-state index contributed by atoms with van der Waals surface area (Å²) in [7, 11) is 1.71. The number of allylic oxidation sites excluding steroid dienone is 1. The summed E-state index contributed by atoms with van der Waals surface area (Å²) in [4.78, 5) is 16.1. The third-order valence-corrected chi connectivity index (χ3v) is 6.00. The van der Waals surface area contributed by atoms with Crippen LogP contribution in [0.5, 0.6) is 5.75 Å². The Labute approximate surface area is 230 Å². The lowest BCUT2D eigenvalue weighted by molar-refractivity contribution is 0.0698. The molecule has 6 nitrogen and oxygen atoms in total. The fourth-order valence-electron chi connectivity index (χ4n) is 3.43. The maximum Gasteiger partial charge on any atom is 0.337 e. The van der Waals surface area contributed by atoms with Crippen molar-refractivity contribution in [2.75, 3.05) is 19.0 Å². The Balaban J connectivity index is 0.000000363. The summed E-state index contributed by atoms with van der Waals surface area (Å²) in [6.45, 7) is 14.1. The average molecular weight is 542 g/mol. The van der Waals surface area contributed by atoms with Crippen LogP contribution in [0.3, 0.4) is 0 Å². The predicted octanol–water partition coefficient (Wildman–Crippen LogP) is 8.17. The Kier molecular flexibility index (Phi) is 14.5. The fourth-order valence-corrected chi connectivity index (χ4v) is 4.15. The summed E-state index contributed by atoms with van der Waals surface area (Å²) in [5.74, 6) is -0.664. The van der Waals surface area contributed by atoms with Gasteiger partial charge in [-0.2, -0.15) is 0 Å². The predicted molar refractivity (Wildman–Crippen MR) is 160 cm³/mol. The van der Waals surface area contributed by atoms with E-state index >= 15 is 0 Å². The Bertz CT molecular complexity index is 1190. The highest BCUT2D eigenvalue weighted by atomic mass is 32.1. The monoisotopic (exact) mass is 541 g/mol. The molecule has 3 aromatic rings. The van der Waals surface area contributed by atoms with Crippen molar-refractivity contribution in [2.24, 2.45) is 16.6 Å². The number of aromatic carboxylic acids is 1. The van der Waals surface area contributed by atoms with Crippen LogP contribution in [0.1, 0.15) is 63.4 Å². The summed E-state index contributed by atoms with van der Waals surface area (Å²) in [6.07, 6.45) is 1.53. The molecule has 0 aliphatic carbocycles. The number of carboxylic acid groups (broad SMARTS) is 1. The van der Waals surface area contributed by atoms with Crippen molar-refractivity contribution in [3.63, 3.8) is 0 Å². The quantitative estimate of drug-likeness (QED) is 0.225. The van der Waals surface area contributed by atoms with Gasteiger partial charge in [0.05, 0.1) is 17.9 Å². The van der Waals surface area contributed by atoms with E-state index in [4.69, 9.17) is 15.6 Å². The van der Waals surface area contributed by atoms with Crippen molar-refractivity contribution in [2.45, 2.75) is 47.5 Å². The van der Waals surface area contributed by atoms with E-state index in [1.54, 1.807) is 42.6 Å². The Morgan fingerprint density at radius 1 is 1.21 bits per heavy atom. The van der Waals surface area contributed by atoms with Gasteiger partial charge < -0.3 is 20.9 Å². The maximum atomic E-state index is 13.9. The van der Waals surface area contributed by atoms with E-state index in [0.29, 0.717) is 47.2 Å². The molecule has 38 heavy (non-hydrogen) atoms. The molecule has 0 aliphatic heterocycles. The standard InChI is InChI=1S/C16H23FN2O.C12H11NO2S.C2H6/c1-5-8-20-15-7-6-12(10-13(15)17)16(19-4)14(18)9-11(2)3;1-13-10-5-4-8(7-9(10)12(14)15)11-3-2-6-16-11;1-2/h6-7,10-11H,4-5,8-9,18H2,1-3H3;2-7,13H,1H3,(H,14,15);1-2H3/b16-14-;;. The number of anilines is 1. The molecule has 0 atom stereocenters. The molecule has 8 heteroatoms. The third kappa shape index (κ3) is 9.67. The van der Waals surface area contributed by atoms with Gasteiger partial charge in [-0.05, 0) is 72.8 Å². The number of ether oxygens (including phenoxy) is 1. The molecule has 0 saturated carbocycles. The first-order valence-electron chi connectivity index (χ1n) is 12.7. The summed E-state index contributed by atoms with van der Waals surface area (Å²) in [5.41, 5.74) is 9.68. The molecule has 1 aromatic heterocycles. The molecule has 206 valence electrons. The number of benzene rings is 2. The normalized spacial score (nSPS) is 10.8. The lowest BCUT2D eigenvalue weighted by Crippen LogP contribution is -2.05. The van der Waals surface area contributed by atoms with Gasteiger partial charge in [-0.3, -0.25) is 4.99 Å². The minimum absolute atomic E-state index is 0.251. The zero-order valence-corrected chi connectivity index (χ0v) is 24.0. The number of carbonyl (C=O) groups is 1. The van der Waals surface area contributed by atoms with Crippen LogP contribution in [0, 0.1) is 11.7 Å². The van der Waals surface area contributed by atoms with E-state index in [1.165, 1.54) is 6.07 Å². The lowest BCUT2D eigenvalue weighted by Gasteiger charge is -2.12. The van der Waals surface area contributed by atoms with Gasteiger partial charge in [-0.15, -0.1) is 11.3 Å². The second kappa shape index (κ2) is 17.0. The number of rotatable bonds is 10. The highest BCUT2D eigenvalue weighted by Gasteiger charge is 2.12. The summed E-state index contributed by atoms with van der Waals surface area (Å²) >= 11 is 1.60. The SMILES string of the molecule is C=N/C(=C(\N)CC(C)C)c1ccc(OCCC)c(F)c1.CC.CNc1ccc(-c2cccs2)cc1C(=O)O. The van der Waals surface area contributed by atoms with Crippen molar-refractivity contribution in [1.82, 2.24) is 0 Å². The number of halogens is 1. The second-order valence-electron chi connectivity index (χ2n) is 8.42. The first-order valence-corrected chi connectivity index (χ1v) is 13.6. The second-order valence-corrected chi connectivity index (χ2v) is 9.36. The number of nitrogens with zero attached hydrogens (tertiary/aromatic N) is 1. The number of aliphatic imine (C=N–C) groups is 1. The highest BCUT2D eigenvalue weighted by Crippen LogP contribution is 2.29. The first kappa shape index (κ1) is 32.4. The number of carboxylic acids is 1. The first-order chi connectivity index (χ1) is 18.2. The molecule has 0 amide bonds. The third-order valence-electron chi connectivity index (χ3n) is 5.08. The molecule has 0 aliphatic rings. The van der Waals surface area contributed by atoms with Gasteiger partial charge in [0.2, 0.25) is 0 Å². The molecule has 0 bridgehead atoms. The molecule has 0 radical (unpaired) electrons. The Morgan fingerprint density at radius 2 is 1.92 bits per heavy atom. The molecule has 2 aromatic carbocycles. The van der Waals surface area contributed by atoms with Crippen LogP contribution < -0.4 is 15.8 Å². The number of hydrogen-bond donors (Lipinski definition) is 3. The Hall–Kier alpha value is -3.65. The molecule has 0 saturated heterocycles. The van der Waals surface area contributed by atoms with Crippen molar-refractivity contribution in [3.05, 3.63) is 76.6 Å². The fraction of sp³-hybridized carbons (Fsp3) is 0.333. The van der Waals surface area contributed by atoms with Gasteiger partial charge in [-0.25, -0.2) is 9.18 Å². The van der Waals surface area contributed by atoms with Crippen LogP contribution in [0.25, 0.3) is 16.1 Å². The molecule has 0 spiro atoms. The van der Waals surface area contributed by atoms with Gasteiger partial charge in [0.15, 0.2) is 11.6 Å². The molecular formula is C30H40FN3O3S.